The second-order valence-corrected chi connectivity index (χ2v) is 2.72. The van der Waals surface area contributed by atoms with E-state index in [2.05, 4.69) is 14.9 Å². The van der Waals surface area contributed by atoms with Crippen molar-refractivity contribution >= 4 is 23.4 Å². The van der Waals surface area contributed by atoms with Crippen molar-refractivity contribution in [3.8, 4) is 0 Å². The van der Waals surface area contributed by atoms with Gasteiger partial charge in [0.25, 0.3) is 0 Å². The molecule has 0 atom stereocenters. The lowest BCUT2D eigenvalue weighted by Crippen LogP contribution is -1.85. The molecular weight excluding hydrogens is 208 g/mol. The van der Waals surface area contributed by atoms with Crippen LogP contribution in [0.25, 0.3) is 21.4 Å². The van der Waals surface area contributed by atoms with Gasteiger partial charge in [-0.1, -0.05) is 17.2 Å². The number of azide groups is 1. The smallest absolute Gasteiger partial charge is 0.328 e. The summed E-state index contributed by atoms with van der Waals surface area (Å²) in [5.74, 6) is -1.07. The summed E-state index contributed by atoms with van der Waals surface area (Å²) in [6, 6.07) is 4.49. The molecule has 0 radical (unpaired) electrons. The SMILES string of the molecule is [C-]#[N+]c1cc(/C=C/C(=O)O)ccc1N=[N+]=[N-]. The quantitative estimate of drug-likeness (QED) is 0.275. The molecule has 78 valence electrons. The maximum Gasteiger partial charge on any atom is 0.328 e. The van der Waals surface area contributed by atoms with Gasteiger partial charge in [0, 0.05) is 16.7 Å². The maximum atomic E-state index is 10.3. The van der Waals surface area contributed by atoms with Crippen LogP contribution in [0.1, 0.15) is 5.56 Å². The normalized spacial score (nSPS) is 9.44. The van der Waals surface area contributed by atoms with Gasteiger partial charge < -0.3 is 5.11 Å². The van der Waals surface area contributed by atoms with Gasteiger partial charge in [0.1, 0.15) is 0 Å². The van der Waals surface area contributed by atoms with E-state index >= 15 is 0 Å². The summed E-state index contributed by atoms with van der Waals surface area (Å²) in [6.07, 6.45) is 2.33. The minimum absolute atomic E-state index is 0.185. The molecule has 0 aliphatic rings. The first-order chi connectivity index (χ1) is 7.67. The van der Waals surface area contributed by atoms with Crippen molar-refractivity contribution in [1.82, 2.24) is 0 Å². The zero-order chi connectivity index (χ0) is 12.0. The summed E-state index contributed by atoms with van der Waals surface area (Å²) >= 11 is 0. The fraction of sp³-hybridized carbons (Fsp3) is 0. The van der Waals surface area contributed by atoms with Crippen LogP contribution in [0.4, 0.5) is 11.4 Å². The Bertz CT molecular complexity index is 536. The van der Waals surface area contributed by atoms with Crippen LogP contribution in [0.2, 0.25) is 0 Å². The third-order valence-corrected chi connectivity index (χ3v) is 1.69. The highest BCUT2D eigenvalue weighted by Crippen LogP contribution is 2.29. The second kappa shape index (κ2) is 5.20. The van der Waals surface area contributed by atoms with Crippen molar-refractivity contribution in [2.75, 3.05) is 0 Å². The minimum atomic E-state index is -1.07. The minimum Gasteiger partial charge on any atom is -0.478 e. The summed E-state index contributed by atoms with van der Waals surface area (Å²) in [4.78, 5) is 16.1. The average Bonchev–Trinajstić information content (AvgIpc) is 2.28. The molecule has 1 rings (SSSR count). The molecule has 0 aliphatic carbocycles. The first-order valence-electron chi connectivity index (χ1n) is 4.15. The molecule has 0 aromatic heterocycles. The van der Waals surface area contributed by atoms with E-state index in [1.807, 2.05) is 0 Å². The van der Waals surface area contributed by atoms with Crippen LogP contribution in [-0.2, 0) is 4.79 Å². The number of aliphatic carboxylic acids is 1. The zero-order valence-corrected chi connectivity index (χ0v) is 8.03. The van der Waals surface area contributed by atoms with E-state index in [-0.39, 0.29) is 11.4 Å². The molecular formula is C10H6N4O2. The number of benzene rings is 1. The molecule has 1 aromatic carbocycles. The molecule has 0 bridgehead atoms. The van der Waals surface area contributed by atoms with Gasteiger partial charge in [-0.25, -0.2) is 9.64 Å². The number of carboxylic acids is 1. The molecule has 0 saturated heterocycles. The highest BCUT2D eigenvalue weighted by Gasteiger charge is 2.00. The Morgan fingerprint density at radius 1 is 1.56 bits per heavy atom. The van der Waals surface area contributed by atoms with Gasteiger partial charge in [0.2, 0.25) is 0 Å². The van der Waals surface area contributed by atoms with E-state index in [0.29, 0.717) is 5.56 Å². The third kappa shape index (κ3) is 2.87. The number of hydrogen-bond acceptors (Lipinski definition) is 2. The molecule has 6 nitrogen and oxygen atoms in total. The van der Waals surface area contributed by atoms with E-state index in [4.69, 9.17) is 17.2 Å². The van der Waals surface area contributed by atoms with Gasteiger partial charge in [0.05, 0.1) is 6.57 Å². The molecule has 1 aromatic rings. The zero-order valence-electron chi connectivity index (χ0n) is 8.03. The Kier molecular flexibility index (Phi) is 3.67. The topological polar surface area (TPSA) is 90.4 Å². The summed E-state index contributed by atoms with van der Waals surface area (Å²) in [5.41, 5.74) is 9.22. The molecule has 6 heteroatoms. The highest BCUT2D eigenvalue weighted by atomic mass is 16.4. The lowest BCUT2D eigenvalue weighted by Gasteiger charge is -1.98. The number of nitrogens with zero attached hydrogens (tertiary/aromatic N) is 4. The number of carbonyl (C=O) groups is 1. The van der Waals surface area contributed by atoms with Gasteiger partial charge in [-0.2, -0.15) is 0 Å². The summed E-state index contributed by atoms with van der Waals surface area (Å²) in [7, 11) is 0. The van der Waals surface area contributed by atoms with Crippen LogP contribution in [0, 0.1) is 6.57 Å². The maximum absolute atomic E-state index is 10.3. The lowest BCUT2D eigenvalue weighted by molar-refractivity contribution is -0.131. The summed E-state index contributed by atoms with van der Waals surface area (Å²) in [5, 5.41) is 11.8. The predicted octanol–water partition coefficient (Wildman–Crippen LogP) is 3.28. The van der Waals surface area contributed by atoms with Crippen molar-refractivity contribution in [2.24, 2.45) is 5.11 Å². The van der Waals surface area contributed by atoms with Crippen molar-refractivity contribution in [1.29, 1.82) is 0 Å². The van der Waals surface area contributed by atoms with Crippen molar-refractivity contribution in [3.63, 3.8) is 0 Å². The van der Waals surface area contributed by atoms with E-state index < -0.39 is 5.97 Å². The standard InChI is InChI=1S/C10H6N4O2/c1-12-9-6-7(3-5-10(15)16)2-4-8(9)13-14-11/h2-6H,(H,15,16)/b5-3+. The first-order valence-corrected chi connectivity index (χ1v) is 4.15. The summed E-state index contributed by atoms with van der Waals surface area (Å²) in [6.45, 7) is 6.88. The van der Waals surface area contributed by atoms with Gasteiger partial charge in [0.15, 0.2) is 5.69 Å². The Hall–Kier alpha value is -2.77. The third-order valence-electron chi connectivity index (χ3n) is 1.69. The van der Waals surface area contributed by atoms with Gasteiger partial charge >= 0.3 is 5.97 Å². The van der Waals surface area contributed by atoms with Gasteiger partial charge in [-0.15, -0.1) is 0 Å². The fourth-order valence-corrected chi connectivity index (χ4v) is 1.03. The number of hydrogen-bond donors (Lipinski definition) is 1. The second-order valence-electron chi connectivity index (χ2n) is 2.72. The molecule has 0 unspecified atom stereocenters. The van der Waals surface area contributed by atoms with E-state index in [9.17, 15) is 4.79 Å². The Morgan fingerprint density at radius 2 is 2.31 bits per heavy atom. The van der Waals surface area contributed by atoms with Crippen LogP contribution in [0.15, 0.2) is 29.4 Å². The molecule has 1 N–H and O–H groups in total. The molecule has 16 heavy (non-hydrogen) atoms. The van der Waals surface area contributed by atoms with Crippen LogP contribution < -0.4 is 0 Å². The largest absolute Gasteiger partial charge is 0.478 e. The van der Waals surface area contributed by atoms with Crippen molar-refractivity contribution in [3.05, 3.63) is 51.7 Å². The molecule has 0 fully saturated rings. The monoisotopic (exact) mass is 214 g/mol. The Morgan fingerprint density at radius 3 is 2.88 bits per heavy atom. The molecule has 0 aliphatic heterocycles. The number of carboxylic acid groups (broad SMARTS) is 1. The van der Waals surface area contributed by atoms with E-state index in [1.54, 1.807) is 6.07 Å². The van der Waals surface area contributed by atoms with E-state index in [0.717, 1.165) is 6.08 Å². The van der Waals surface area contributed by atoms with Gasteiger partial charge in [-0.05, 0) is 23.2 Å². The van der Waals surface area contributed by atoms with Gasteiger partial charge in [-0.3, -0.25) is 0 Å². The fourth-order valence-electron chi connectivity index (χ4n) is 1.03. The average molecular weight is 214 g/mol. The van der Waals surface area contributed by atoms with Crippen LogP contribution >= 0.6 is 0 Å². The Labute approximate surface area is 90.9 Å². The highest BCUT2D eigenvalue weighted by molar-refractivity contribution is 5.86. The molecule has 0 spiro atoms. The van der Waals surface area contributed by atoms with Crippen molar-refractivity contribution < 1.29 is 9.90 Å². The first kappa shape index (κ1) is 11.3. The number of rotatable bonds is 3. The molecule has 0 amide bonds. The van der Waals surface area contributed by atoms with Crippen molar-refractivity contribution in [2.45, 2.75) is 0 Å². The Balaban J connectivity index is 3.15. The van der Waals surface area contributed by atoms with Crippen LogP contribution in [0.3, 0.4) is 0 Å². The predicted molar refractivity (Wildman–Crippen MR) is 58.2 cm³/mol. The molecule has 0 heterocycles. The van der Waals surface area contributed by atoms with E-state index in [1.165, 1.54) is 18.2 Å². The molecule has 0 saturated carbocycles. The lowest BCUT2D eigenvalue weighted by atomic mass is 10.1. The van der Waals surface area contributed by atoms with Crippen LogP contribution in [0.5, 0.6) is 0 Å². The summed E-state index contributed by atoms with van der Waals surface area (Å²) < 4.78 is 0. The van der Waals surface area contributed by atoms with Crippen LogP contribution in [-0.4, -0.2) is 11.1 Å².